The van der Waals surface area contributed by atoms with E-state index in [9.17, 15) is 0 Å². The van der Waals surface area contributed by atoms with E-state index in [1.54, 1.807) is 0 Å². The molecule has 46 valence electrons. The molecule has 1 nitrogen and oxygen atoms in total. The minimum atomic E-state index is 1.03. The van der Waals surface area contributed by atoms with Crippen molar-refractivity contribution < 1.29 is 0 Å². The molecule has 0 saturated heterocycles. The summed E-state index contributed by atoms with van der Waals surface area (Å²) >= 11 is 0. The smallest absolute Gasteiger partial charge is 0.141 e. The van der Waals surface area contributed by atoms with Crippen LogP contribution in [0.1, 0.15) is 12.6 Å². The zero-order valence-corrected chi connectivity index (χ0v) is 5.89. The Balaban J connectivity index is 2.88. The third-order valence-corrected chi connectivity index (χ3v) is 1.33. The van der Waals surface area contributed by atoms with Gasteiger partial charge in [0.2, 0.25) is 0 Å². The Hall–Kier alpha value is -0.785. The van der Waals surface area contributed by atoms with Crippen LogP contribution in [-0.2, 0) is 6.42 Å². The first-order valence-electron chi connectivity index (χ1n) is 3.24. The second kappa shape index (κ2) is 2.67. The molecule has 0 atom stereocenters. The number of rotatable bonds is 1. The lowest BCUT2D eigenvalue weighted by atomic mass is 9.99. The van der Waals surface area contributed by atoms with E-state index < -0.39 is 0 Å². The SMILES string of the molecule is Bc1ccc(CC)nc1. The predicted molar refractivity (Wildman–Crippen MR) is 41.8 cm³/mol. The topological polar surface area (TPSA) is 12.9 Å². The highest BCUT2D eigenvalue weighted by atomic mass is 14.7. The van der Waals surface area contributed by atoms with Crippen molar-refractivity contribution in [1.82, 2.24) is 4.98 Å². The molecule has 0 fully saturated rings. The number of hydrogen-bond acceptors (Lipinski definition) is 1. The average Bonchev–Trinajstić information content (AvgIpc) is 1.90. The maximum Gasteiger partial charge on any atom is 0.141 e. The largest absolute Gasteiger partial charge is 0.262 e. The summed E-state index contributed by atoms with van der Waals surface area (Å²) in [7, 11) is 2.05. The first kappa shape index (κ1) is 6.34. The zero-order valence-electron chi connectivity index (χ0n) is 5.89. The molecule has 0 N–H and O–H groups in total. The van der Waals surface area contributed by atoms with Crippen LogP contribution in [0.5, 0.6) is 0 Å². The predicted octanol–water partition coefficient (Wildman–Crippen LogP) is -0.0976. The molecule has 0 aromatic carbocycles. The molecule has 0 aliphatic heterocycles. The van der Waals surface area contributed by atoms with E-state index in [1.807, 2.05) is 14.0 Å². The van der Waals surface area contributed by atoms with Gasteiger partial charge in [-0.2, -0.15) is 0 Å². The van der Waals surface area contributed by atoms with Crippen molar-refractivity contribution in [2.75, 3.05) is 0 Å². The van der Waals surface area contributed by atoms with Crippen molar-refractivity contribution in [3.63, 3.8) is 0 Å². The molecule has 2 heteroatoms. The van der Waals surface area contributed by atoms with E-state index in [4.69, 9.17) is 0 Å². The maximum absolute atomic E-state index is 4.20. The molecule has 1 rings (SSSR count). The Morgan fingerprint density at radius 2 is 2.33 bits per heavy atom. The fraction of sp³-hybridized carbons (Fsp3) is 0.286. The van der Waals surface area contributed by atoms with Gasteiger partial charge in [-0.3, -0.25) is 4.98 Å². The standard InChI is InChI=1S/C7H10BN/c1-2-7-4-3-6(8)5-9-7/h3-5H,2,8H2,1H3. The lowest BCUT2D eigenvalue weighted by Gasteiger charge is -1.93. The lowest BCUT2D eigenvalue weighted by molar-refractivity contribution is 1.04. The fourth-order valence-corrected chi connectivity index (χ4v) is 0.708. The molecule has 0 amide bonds. The third kappa shape index (κ3) is 1.56. The average molecular weight is 119 g/mol. The molecule has 0 aliphatic rings. The van der Waals surface area contributed by atoms with Gasteiger partial charge in [-0.25, -0.2) is 0 Å². The highest BCUT2D eigenvalue weighted by Gasteiger charge is 1.86. The maximum atomic E-state index is 4.20. The van der Waals surface area contributed by atoms with Crippen LogP contribution < -0.4 is 5.46 Å². The van der Waals surface area contributed by atoms with Crippen molar-refractivity contribution in [1.29, 1.82) is 0 Å². The summed E-state index contributed by atoms with van der Waals surface area (Å²) in [6.07, 6.45) is 2.93. The van der Waals surface area contributed by atoms with Crippen LogP contribution in [0.15, 0.2) is 18.3 Å². The van der Waals surface area contributed by atoms with Crippen LogP contribution in [-0.4, -0.2) is 12.8 Å². The molecule has 1 aromatic rings. The number of aryl methyl sites for hydroxylation is 1. The Kier molecular flexibility index (Phi) is 1.88. The van der Waals surface area contributed by atoms with Gasteiger partial charge < -0.3 is 0 Å². The molecule has 0 aliphatic carbocycles. The third-order valence-electron chi connectivity index (χ3n) is 1.33. The Morgan fingerprint density at radius 3 is 2.78 bits per heavy atom. The summed E-state index contributed by atoms with van der Waals surface area (Å²) in [5.74, 6) is 0. The molecule has 9 heavy (non-hydrogen) atoms. The van der Waals surface area contributed by atoms with Gasteiger partial charge >= 0.3 is 0 Å². The second-order valence-electron chi connectivity index (χ2n) is 2.18. The summed E-state index contributed by atoms with van der Waals surface area (Å²) in [5, 5.41) is 0. The Morgan fingerprint density at radius 1 is 1.56 bits per heavy atom. The van der Waals surface area contributed by atoms with Gasteiger partial charge in [0.25, 0.3) is 0 Å². The number of aromatic nitrogens is 1. The van der Waals surface area contributed by atoms with Gasteiger partial charge in [-0.1, -0.05) is 18.5 Å². The van der Waals surface area contributed by atoms with Gasteiger partial charge in [0.05, 0.1) is 0 Å². The Bertz CT molecular complexity index is 181. The van der Waals surface area contributed by atoms with E-state index in [0.29, 0.717) is 0 Å². The van der Waals surface area contributed by atoms with Crippen LogP contribution in [0.25, 0.3) is 0 Å². The molecular formula is C7H10BN. The number of hydrogen-bond donors (Lipinski definition) is 0. The lowest BCUT2D eigenvalue weighted by Crippen LogP contribution is -2.02. The van der Waals surface area contributed by atoms with Gasteiger partial charge in [-0.05, 0) is 12.5 Å². The molecule has 0 radical (unpaired) electrons. The Labute approximate surface area is 56.5 Å². The van der Waals surface area contributed by atoms with Crippen molar-refractivity contribution in [3.8, 4) is 0 Å². The van der Waals surface area contributed by atoms with Crippen LogP contribution in [0, 0.1) is 0 Å². The van der Waals surface area contributed by atoms with E-state index in [-0.39, 0.29) is 0 Å². The molecule has 0 unspecified atom stereocenters. The molecule has 0 spiro atoms. The van der Waals surface area contributed by atoms with Crippen molar-refractivity contribution in [2.24, 2.45) is 0 Å². The first-order chi connectivity index (χ1) is 4.33. The first-order valence-corrected chi connectivity index (χ1v) is 3.24. The van der Waals surface area contributed by atoms with Crippen molar-refractivity contribution >= 4 is 13.3 Å². The number of nitrogens with zero attached hydrogens (tertiary/aromatic N) is 1. The van der Waals surface area contributed by atoms with E-state index in [1.165, 1.54) is 11.2 Å². The van der Waals surface area contributed by atoms with E-state index in [2.05, 4.69) is 24.0 Å². The minimum Gasteiger partial charge on any atom is -0.262 e. The van der Waals surface area contributed by atoms with Gasteiger partial charge in [0.1, 0.15) is 7.85 Å². The van der Waals surface area contributed by atoms with Crippen LogP contribution in [0.3, 0.4) is 0 Å². The van der Waals surface area contributed by atoms with Crippen LogP contribution >= 0.6 is 0 Å². The second-order valence-corrected chi connectivity index (χ2v) is 2.18. The molecule has 1 heterocycles. The monoisotopic (exact) mass is 119 g/mol. The fourth-order valence-electron chi connectivity index (χ4n) is 0.708. The van der Waals surface area contributed by atoms with Crippen LogP contribution in [0.4, 0.5) is 0 Å². The van der Waals surface area contributed by atoms with E-state index >= 15 is 0 Å². The summed E-state index contributed by atoms with van der Waals surface area (Å²) in [5.41, 5.74) is 2.40. The zero-order chi connectivity index (χ0) is 6.69. The minimum absolute atomic E-state index is 1.03. The summed E-state index contributed by atoms with van der Waals surface area (Å²) < 4.78 is 0. The molecule has 0 bridgehead atoms. The number of pyridine rings is 1. The van der Waals surface area contributed by atoms with Gasteiger partial charge in [0.15, 0.2) is 0 Å². The highest BCUT2D eigenvalue weighted by Crippen LogP contribution is 1.89. The highest BCUT2D eigenvalue weighted by molar-refractivity contribution is 6.31. The summed E-state index contributed by atoms with van der Waals surface area (Å²) in [4.78, 5) is 4.20. The van der Waals surface area contributed by atoms with Gasteiger partial charge in [-0.15, -0.1) is 0 Å². The molecular weight excluding hydrogens is 109 g/mol. The normalized spacial score (nSPS) is 9.44. The van der Waals surface area contributed by atoms with Crippen molar-refractivity contribution in [3.05, 3.63) is 24.0 Å². The molecule has 0 saturated carbocycles. The summed E-state index contributed by atoms with van der Waals surface area (Å²) in [6.45, 7) is 2.11. The van der Waals surface area contributed by atoms with Gasteiger partial charge in [0, 0.05) is 11.9 Å². The van der Waals surface area contributed by atoms with Crippen molar-refractivity contribution in [2.45, 2.75) is 13.3 Å². The quantitative estimate of drug-likeness (QED) is 0.470. The molecule has 1 aromatic heterocycles. The van der Waals surface area contributed by atoms with E-state index in [0.717, 1.165) is 6.42 Å². The van der Waals surface area contributed by atoms with Crippen LogP contribution in [0.2, 0.25) is 0 Å². The summed E-state index contributed by atoms with van der Waals surface area (Å²) in [6, 6.07) is 4.15.